The van der Waals surface area contributed by atoms with E-state index < -0.39 is 28.5 Å². The van der Waals surface area contributed by atoms with Crippen LogP contribution in [-0.2, 0) is 28.1 Å². The molecule has 0 saturated carbocycles. The molecule has 0 N–H and O–H groups in total. The summed E-state index contributed by atoms with van der Waals surface area (Å²) in [4.78, 5) is 15.0. The molecule has 0 saturated heterocycles. The van der Waals surface area contributed by atoms with Crippen molar-refractivity contribution < 1.29 is 17.6 Å². The third-order valence-corrected chi connectivity index (χ3v) is 6.73. The second-order valence-electron chi connectivity index (χ2n) is 7.47. The van der Waals surface area contributed by atoms with Crippen LogP contribution in [0.4, 0.5) is 10.1 Å². The van der Waals surface area contributed by atoms with Gasteiger partial charge in [0.1, 0.15) is 12.4 Å². The van der Waals surface area contributed by atoms with E-state index in [-0.39, 0.29) is 5.69 Å². The van der Waals surface area contributed by atoms with Crippen molar-refractivity contribution in [3.8, 4) is 0 Å². The highest BCUT2D eigenvalue weighted by atomic mass is 32.2. The number of carbonyl (C=O) groups is 1. The highest BCUT2D eigenvalue weighted by Crippen LogP contribution is 2.23. The molecule has 0 fully saturated rings. The van der Waals surface area contributed by atoms with E-state index in [4.69, 9.17) is 0 Å². The lowest BCUT2D eigenvalue weighted by molar-refractivity contribution is -0.130. The molecule has 8 heteroatoms. The van der Waals surface area contributed by atoms with Crippen LogP contribution in [0.3, 0.4) is 0 Å². The van der Waals surface area contributed by atoms with E-state index in [1.165, 1.54) is 38.4 Å². The Labute approximate surface area is 188 Å². The van der Waals surface area contributed by atoms with Crippen molar-refractivity contribution in [2.75, 3.05) is 24.9 Å². The van der Waals surface area contributed by atoms with Gasteiger partial charge in [0, 0.05) is 27.2 Å². The van der Waals surface area contributed by atoms with Gasteiger partial charge in [0.15, 0.2) is 0 Å². The number of rotatable bonds is 9. The van der Waals surface area contributed by atoms with E-state index in [9.17, 15) is 17.6 Å². The molecule has 32 heavy (non-hydrogen) atoms. The number of amides is 1. The molecule has 168 valence electrons. The lowest BCUT2D eigenvalue weighted by Gasteiger charge is -2.30. The second kappa shape index (κ2) is 10.4. The topological polar surface area (TPSA) is 60.9 Å². The van der Waals surface area contributed by atoms with E-state index in [0.29, 0.717) is 13.1 Å². The Balaban J connectivity index is 1.94. The zero-order valence-electron chi connectivity index (χ0n) is 18.1. The first-order valence-corrected chi connectivity index (χ1v) is 11.5. The fourth-order valence-corrected chi connectivity index (χ4v) is 4.27. The third kappa shape index (κ3) is 5.72. The fraction of sp³-hybridized carbons (Fsp3) is 0.208. The number of carbonyl (C=O) groups excluding carboxylic acids is 1. The summed E-state index contributed by atoms with van der Waals surface area (Å²) in [6, 6.07) is 24.4. The predicted octanol–water partition coefficient (Wildman–Crippen LogP) is 3.67. The Morgan fingerprint density at radius 1 is 0.781 bits per heavy atom. The lowest BCUT2D eigenvalue weighted by atomic mass is 10.1. The SMILES string of the molecule is CN(C)S(=O)(=O)N(CC(=O)N(Cc1ccccc1)Cc1ccccc1)c1ccccc1F. The molecule has 0 bridgehead atoms. The largest absolute Gasteiger partial charge is 0.332 e. The summed E-state index contributed by atoms with van der Waals surface area (Å²) >= 11 is 0. The number of benzene rings is 3. The van der Waals surface area contributed by atoms with Gasteiger partial charge in [-0.2, -0.15) is 12.7 Å². The molecular formula is C24H26FN3O3S. The highest BCUT2D eigenvalue weighted by Gasteiger charge is 2.31. The van der Waals surface area contributed by atoms with Crippen LogP contribution < -0.4 is 4.31 Å². The molecule has 1 amide bonds. The van der Waals surface area contributed by atoms with Gasteiger partial charge in [0.2, 0.25) is 5.91 Å². The number of para-hydroxylation sites is 1. The number of hydrogen-bond acceptors (Lipinski definition) is 3. The van der Waals surface area contributed by atoms with Crippen molar-refractivity contribution in [1.29, 1.82) is 0 Å². The molecule has 6 nitrogen and oxygen atoms in total. The van der Waals surface area contributed by atoms with Gasteiger partial charge < -0.3 is 4.90 Å². The summed E-state index contributed by atoms with van der Waals surface area (Å²) in [5.74, 6) is -1.16. The van der Waals surface area contributed by atoms with Gasteiger partial charge in [-0.25, -0.2) is 8.70 Å². The van der Waals surface area contributed by atoms with Crippen LogP contribution in [0.2, 0.25) is 0 Å². The first kappa shape index (κ1) is 23.4. The van der Waals surface area contributed by atoms with Crippen LogP contribution in [0, 0.1) is 5.82 Å². The summed E-state index contributed by atoms with van der Waals surface area (Å²) in [5, 5.41) is 0. The molecular weight excluding hydrogens is 429 g/mol. The molecule has 0 radical (unpaired) electrons. The van der Waals surface area contributed by atoms with Crippen molar-refractivity contribution in [2.45, 2.75) is 13.1 Å². The summed E-state index contributed by atoms with van der Waals surface area (Å²) in [7, 11) is -1.42. The van der Waals surface area contributed by atoms with E-state index in [2.05, 4.69) is 0 Å². The van der Waals surface area contributed by atoms with Gasteiger partial charge in [-0.15, -0.1) is 0 Å². The van der Waals surface area contributed by atoms with Crippen LogP contribution in [0.25, 0.3) is 0 Å². The van der Waals surface area contributed by atoms with Crippen molar-refractivity contribution in [3.05, 3.63) is 102 Å². The normalized spacial score (nSPS) is 11.4. The zero-order chi connectivity index (χ0) is 23.1. The van der Waals surface area contributed by atoms with Crippen molar-refractivity contribution in [3.63, 3.8) is 0 Å². The Kier molecular flexibility index (Phi) is 7.61. The first-order valence-electron chi connectivity index (χ1n) is 10.1. The maximum Gasteiger partial charge on any atom is 0.304 e. The van der Waals surface area contributed by atoms with Crippen molar-refractivity contribution in [1.82, 2.24) is 9.21 Å². The second-order valence-corrected chi connectivity index (χ2v) is 9.54. The molecule has 0 unspecified atom stereocenters. The predicted molar refractivity (Wildman–Crippen MR) is 123 cm³/mol. The average molecular weight is 456 g/mol. The van der Waals surface area contributed by atoms with Gasteiger partial charge in [-0.05, 0) is 23.3 Å². The maximum atomic E-state index is 14.5. The molecule has 0 heterocycles. The van der Waals surface area contributed by atoms with E-state index in [1.54, 1.807) is 4.90 Å². The Morgan fingerprint density at radius 3 is 1.72 bits per heavy atom. The number of nitrogens with zero attached hydrogens (tertiary/aromatic N) is 3. The molecule has 0 aromatic heterocycles. The minimum atomic E-state index is -4.11. The van der Waals surface area contributed by atoms with Crippen LogP contribution in [0.15, 0.2) is 84.9 Å². The van der Waals surface area contributed by atoms with Gasteiger partial charge in [-0.1, -0.05) is 72.8 Å². The number of hydrogen-bond donors (Lipinski definition) is 0. The average Bonchev–Trinajstić information content (AvgIpc) is 2.78. The summed E-state index contributed by atoms with van der Waals surface area (Å²) in [5.41, 5.74) is 1.64. The third-order valence-electron chi connectivity index (χ3n) is 4.93. The molecule has 0 spiro atoms. The first-order chi connectivity index (χ1) is 15.3. The molecule has 3 rings (SSSR count). The molecule has 0 aliphatic rings. The van der Waals surface area contributed by atoms with Crippen LogP contribution >= 0.6 is 0 Å². The molecule has 0 atom stereocenters. The van der Waals surface area contributed by atoms with Crippen LogP contribution in [0.5, 0.6) is 0 Å². The summed E-state index contributed by atoms with van der Waals surface area (Å²) in [6.07, 6.45) is 0. The molecule has 0 aliphatic carbocycles. The minimum Gasteiger partial charge on any atom is -0.332 e. The van der Waals surface area contributed by atoms with Crippen molar-refractivity contribution in [2.24, 2.45) is 0 Å². The van der Waals surface area contributed by atoms with Crippen LogP contribution in [-0.4, -0.2) is 44.2 Å². The molecule has 0 aliphatic heterocycles. The Bertz CT molecular complexity index is 1100. The number of anilines is 1. The van der Waals surface area contributed by atoms with E-state index in [0.717, 1.165) is 19.7 Å². The van der Waals surface area contributed by atoms with E-state index >= 15 is 0 Å². The standard InChI is InChI=1S/C24H26FN3O3S/c1-26(2)32(30,31)28(23-16-10-9-15-22(23)25)19-24(29)27(17-20-11-5-3-6-12-20)18-21-13-7-4-8-14-21/h3-16H,17-19H2,1-2H3. The van der Waals surface area contributed by atoms with Gasteiger partial charge in [-0.3, -0.25) is 4.79 Å². The Hall–Kier alpha value is -3.23. The Morgan fingerprint density at radius 2 is 1.25 bits per heavy atom. The summed E-state index contributed by atoms with van der Waals surface area (Å²) in [6.45, 7) is 0.0600. The van der Waals surface area contributed by atoms with E-state index in [1.807, 2.05) is 60.7 Å². The quantitative estimate of drug-likeness (QED) is 0.495. The minimum absolute atomic E-state index is 0.172. The fourth-order valence-electron chi connectivity index (χ4n) is 3.20. The zero-order valence-corrected chi connectivity index (χ0v) is 18.9. The van der Waals surface area contributed by atoms with Gasteiger partial charge >= 0.3 is 10.2 Å². The number of halogens is 1. The monoisotopic (exact) mass is 455 g/mol. The summed E-state index contributed by atoms with van der Waals surface area (Å²) < 4.78 is 42.3. The van der Waals surface area contributed by atoms with Crippen molar-refractivity contribution >= 4 is 21.8 Å². The van der Waals surface area contributed by atoms with Crippen LogP contribution in [0.1, 0.15) is 11.1 Å². The van der Waals surface area contributed by atoms with Gasteiger partial charge in [0.25, 0.3) is 0 Å². The molecule has 3 aromatic rings. The highest BCUT2D eigenvalue weighted by molar-refractivity contribution is 7.90. The smallest absolute Gasteiger partial charge is 0.304 e. The van der Waals surface area contributed by atoms with Gasteiger partial charge in [0.05, 0.1) is 5.69 Å². The molecule has 3 aromatic carbocycles. The lowest BCUT2D eigenvalue weighted by Crippen LogP contribution is -2.47. The maximum absolute atomic E-state index is 14.5.